The van der Waals surface area contributed by atoms with Crippen LogP contribution in [-0.4, -0.2) is 13.1 Å². The second-order valence-corrected chi connectivity index (χ2v) is 5.27. The Hall–Kier alpha value is -1.02. The third kappa shape index (κ3) is 5.73. The molecule has 1 unspecified atom stereocenters. The highest BCUT2D eigenvalue weighted by Gasteiger charge is 2.05. The van der Waals surface area contributed by atoms with Gasteiger partial charge in [-0.15, -0.1) is 0 Å². The van der Waals surface area contributed by atoms with E-state index in [4.69, 9.17) is 5.73 Å². The molecule has 0 saturated heterocycles. The standard InChI is InChI=1S/C15H26N2/c1-12(2)13(3)11-17-9-5-7-14-6-4-8-15(16)10-14/h4,6,8,10,12-13,17H,5,7,9,11,16H2,1-3H3. The Morgan fingerprint density at radius 2 is 2.00 bits per heavy atom. The fourth-order valence-corrected chi connectivity index (χ4v) is 1.73. The van der Waals surface area contributed by atoms with Crippen LogP contribution in [0.15, 0.2) is 24.3 Å². The molecule has 1 aromatic rings. The topological polar surface area (TPSA) is 38.0 Å². The fraction of sp³-hybridized carbons (Fsp3) is 0.600. The van der Waals surface area contributed by atoms with Gasteiger partial charge in [-0.25, -0.2) is 0 Å². The maximum atomic E-state index is 5.75. The average Bonchev–Trinajstić information content (AvgIpc) is 2.28. The smallest absolute Gasteiger partial charge is 0.0316 e. The van der Waals surface area contributed by atoms with Crippen LogP contribution < -0.4 is 11.1 Å². The summed E-state index contributed by atoms with van der Waals surface area (Å²) in [6.45, 7) is 9.06. The number of hydrogen-bond donors (Lipinski definition) is 2. The Morgan fingerprint density at radius 3 is 2.65 bits per heavy atom. The first-order valence-corrected chi connectivity index (χ1v) is 6.64. The Kier molecular flexibility index (Phi) is 6.06. The summed E-state index contributed by atoms with van der Waals surface area (Å²) in [5, 5.41) is 3.52. The molecule has 0 amide bonds. The second-order valence-electron chi connectivity index (χ2n) is 5.27. The van der Waals surface area contributed by atoms with Gasteiger partial charge in [-0.1, -0.05) is 32.9 Å². The van der Waals surface area contributed by atoms with Crippen LogP contribution in [0, 0.1) is 11.8 Å². The fourth-order valence-electron chi connectivity index (χ4n) is 1.73. The van der Waals surface area contributed by atoms with E-state index in [0.29, 0.717) is 0 Å². The highest BCUT2D eigenvalue weighted by molar-refractivity contribution is 5.40. The molecule has 0 aliphatic heterocycles. The van der Waals surface area contributed by atoms with Crippen LogP contribution in [0.25, 0.3) is 0 Å². The zero-order chi connectivity index (χ0) is 12.7. The van der Waals surface area contributed by atoms with Gasteiger partial charge in [0.05, 0.1) is 0 Å². The van der Waals surface area contributed by atoms with Crippen LogP contribution in [0.3, 0.4) is 0 Å². The molecule has 96 valence electrons. The summed E-state index contributed by atoms with van der Waals surface area (Å²) in [4.78, 5) is 0. The third-order valence-corrected chi connectivity index (χ3v) is 3.37. The summed E-state index contributed by atoms with van der Waals surface area (Å²) in [6.07, 6.45) is 2.28. The Bertz CT molecular complexity index is 320. The second kappa shape index (κ2) is 7.33. The van der Waals surface area contributed by atoms with Crippen LogP contribution in [0.1, 0.15) is 32.8 Å². The van der Waals surface area contributed by atoms with Crippen molar-refractivity contribution in [2.45, 2.75) is 33.6 Å². The Balaban J connectivity index is 2.12. The van der Waals surface area contributed by atoms with Crippen molar-refractivity contribution in [3.63, 3.8) is 0 Å². The van der Waals surface area contributed by atoms with Crippen molar-refractivity contribution < 1.29 is 0 Å². The molecule has 0 radical (unpaired) electrons. The number of anilines is 1. The molecule has 0 fully saturated rings. The van der Waals surface area contributed by atoms with Gasteiger partial charge >= 0.3 is 0 Å². The van der Waals surface area contributed by atoms with E-state index in [1.165, 1.54) is 12.0 Å². The number of aryl methyl sites for hydroxylation is 1. The Labute approximate surface area is 106 Å². The lowest BCUT2D eigenvalue weighted by Gasteiger charge is -2.15. The minimum Gasteiger partial charge on any atom is -0.399 e. The van der Waals surface area contributed by atoms with Crippen molar-refractivity contribution in [2.24, 2.45) is 11.8 Å². The maximum absolute atomic E-state index is 5.75. The van der Waals surface area contributed by atoms with E-state index in [9.17, 15) is 0 Å². The van der Waals surface area contributed by atoms with E-state index in [0.717, 1.165) is 37.0 Å². The van der Waals surface area contributed by atoms with Crippen molar-refractivity contribution in [3.8, 4) is 0 Å². The van der Waals surface area contributed by atoms with Crippen LogP contribution >= 0.6 is 0 Å². The molecule has 0 heterocycles. The highest BCUT2D eigenvalue weighted by atomic mass is 14.8. The summed E-state index contributed by atoms with van der Waals surface area (Å²) < 4.78 is 0. The lowest BCUT2D eigenvalue weighted by Crippen LogP contribution is -2.25. The molecular weight excluding hydrogens is 208 g/mol. The van der Waals surface area contributed by atoms with E-state index in [1.54, 1.807) is 0 Å². The van der Waals surface area contributed by atoms with Crippen molar-refractivity contribution in [1.82, 2.24) is 5.32 Å². The third-order valence-electron chi connectivity index (χ3n) is 3.37. The van der Waals surface area contributed by atoms with Crippen LogP contribution in [0.4, 0.5) is 5.69 Å². The minimum atomic E-state index is 0.752. The first-order valence-electron chi connectivity index (χ1n) is 6.64. The number of nitrogen functional groups attached to an aromatic ring is 1. The molecule has 0 bridgehead atoms. The normalized spacial score (nSPS) is 12.9. The highest BCUT2D eigenvalue weighted by Crippen LogP contribution is 2.09. The molecule has 0 aromatic heterocycles. The molecule has 1 rings (SSSR count). The Morgan fingerprint density at radius 1 is 1.24 bits per heavy atom. The molecule has 1 aromatic carbocycles. The monoisotopic (exact) mass is 234 g/mol. The molecule has 0 aliphatic carbocycles. The van der Waals surface area contributed by atoms with Crippen molar-refractivity contribution in [1.29, 1.82) is 0 Å². The number of hydrogen-bond acceptors (Lipinski definition) is 2. The molecule has 0 saturated carbocycles. The van der Waals surface area contributed by atoms with Gasteiger partial charge in [0.1, 0.15) is 0 Å². The predicted molar refractivity (Wildman–Crippen MR) is 76.0 cm³/mol. The van der Waals surface area contributed by atoms with Gasteiger partial charge in [0.25, 0.3) is 0 Å². The minimum absolute atomic E-state index is 0.752. The van der Waals surface area contributed by atoms with E-state index in [1.807, 2.05) is 12.1 Å². The van der Waals surface area contributed by atoms with Gasteiger partial charge in [-0.2, -0.15) is 0 Å². The molecule has 0 spiro atoms. The summed E-state index contributed by atoms with van der Waals surface area (Å²) in [6, 6.07) is 8.18. The van der Waals surface area contributed by atoms with Crippen LogP contribution in [0.5, 0.6) is 0 Å². The SMILES string of the molecule is CC(C)C(C)CNCCCc1cccc(N)c1. The van der Waals surface area contributed by atoms with Gasteiger partial charge in [-0.05, 0) is 55.5 Å². The molecule has 2 heteroatoms. The summed E-state index contributed by atoms with van der Waals surface area (Å²) in [5.41, 5.74) is 7.95. The first kappa shape index (κ1) is 14.0. The summed E-state index contributed by atoms with van der Waals surface area (Å²) >= 11 is 0. The van der Waals surface area contributed by atoms with E-state index < -0.39 is 0 Å². The number of rotatable bonds is 7. The zero-order valence-electron chi connectivity index (χ0n) is 11.4. The van der Waals surface area contributed by atoms with E-state index in [-0.39, 0.29) is 0 Å². The van der Waals surface area contributed by atoms with Crippen molar-refractivity contribution in [3.05, 3.63) is 29.8 Å². The van der Waals surface area contributed by atoms with E-state index in [2.05, 4.69) is 38.2 Å². The zero-order valence-corrected chi connectivity index (χ0v) is 11.4. The maximum Gasteiger partial charge on any atom is 0.0316 e. The van der Waals surface area contributed by atoms with E-state index >= 15 is 0 Å². The quantitative estimate of drug-likeness (QED) is 0.562. The molecule has 0 aliphatic rings. The lowest BCUT2D eigenvalue weighted by molar-refractivity contribution is 0.392. The predicted octanol–water partition coefficient (Wildman–Crippen LogP) is 3.08. The van der Waals surface area contributed by atoms with Gasteiger partial charge in [-0.3, -0.25) is 0 Å². The van der Waals surface area contributed by atoms with Crippen molar-refractivity contribution >= 4 is 5.69 Å². The van der Waals surface area contributed by atoms with Gasteiger partial charge < -0.3 is 11.1 Å². The van der Waals surface area contributed by atoms with Crippen LogP contribution in [0.2, 0.25) is 0 Å². The van der Waals surface area contributed by atoms with Crippen molar-refractivity contribution in [2.75, 3.05) is 18.8 Å². The molecule has 3 N–H and O–H groups in total. The average molecular weight is 234 g/mol. The summed E-state index contributed by atoms with van der Waals surface area (Å²) in [7, 11) is 0. The first-order chi connectivity index (χ1) is 8.09. The molecule has 2 nitrogen and oxygen atoms in total. The molecule has 1 atom stereocenters. The van der Waals surface area contributed by atoms with Gasteiger partial charge in [0.2, 0.25) is 0 Å². The lowest BCUT2D eigenvalue weighted by atomic mass is 9.98. The van der Waals surface area contributed by atoms with Crippen LogP contribution in [-0.2, 0) is 6.42 Å². The summed E-state index contributed by atoms with van der Waals surface area (Å²) in [5.74, 6) is 1.51. The molecule has 17 heavy (non-hydrogen) atoms. The number of nitrogens with one attached hydrogen (secondary N) is 1. The largest absolute Gasteiger partial charge is 0.399 e. The number of nitrogens with two attached hydrogens (primary N) is 1. The van der Waals surface area contributed by atoms with Gasteiger partial charge in [0, 0.05) is 5.69 Å². The molecular formula is C15H26N2. The van der Waals surface area contributed by atoms with Gasteiger partial charge in [0.15, 0.2) is 0 Å². The number of benzene rings is 1.